The highest BCUT2D eigenvalue weighted by molar-refractivity contribution is 6.06. The molecule has 0 bridgehead atoms. The lowest BCUT2D eigenvalue weighted by Crippen LogP contribution is -2.12. The molecule has 1 aromatic heterocycles. The van der Waals surface area contributed by atoms with Crippen LogP contribution in [0.5, 0.6) is 0 Å². The van der Waals surface area contributed by atoms with Crippen LogP contribution >= 0.6 is 0 Å². The lowest BCUT2D eigenvalue weighted by molar-refractivity contribution is 0.102. The first-order chi connectivity index (χ1) is 10.7. The fourth-order valence-electron chi connectivity index (χ4n) is 2.47. The van der Waals surface area contributed by atoms with E-state index in [0.717, 1.165) is 27.7 Å². The minimum atomic E-state index is -0.150. The number of rotatable bonds is 4. The second kappa shape index (κ2) is 6.03. The Kier molecular flexibility index (Phi) is 3.94. The first-order valence-electron chi connectivity index (χ1n) is 7.14. The molecule has 3 rings (SSSR count). The molecule has 0 saturated heterocycles. The number of nitrogens with one attached hydrogen (secondary N) is 2. The summed E-state index contributed by atoms with van der Waals surface area (Å²) in [5.74, 6) is -0.150. The molecule has 112 valence electrons. The standard InChI is InChI=1S/C18H18N2O2/c1-12-6-7-14-10-17(20-16(14)8-12)18(21)19-15-5-3-4-13(9-15)11-22-2/h3-10,20H,11H2,1-2H3,(H,19,21). The zero-order valence-corrected chi connectivity index (χ0v) is 12.6. The van der Waals surface area contributed by atoms with E-state index in [1.54, 1.807) is 7.11 Å². The molecule has 22 heavy (non-hydrogen) atoms. The fraction of sp³-hybridized carbons (Fsp3) is 0.167. The lowest BCUT2D eigenvalue weighted by atomic mass is 10.2. The van der Waals surface area contributed by atoms with Crippen molar-refractivity contribution in [3.8, 4) is 0 Å². The summed E-state index contributed by atoms with van der Waals surface area (Å²) in [6, 6.07) is 15.6. The maximum Gasteiger partial charge on any atom is 0.272 e. The number of aryl methyl sites for hydroxylation is 1. The van der Waals surface area contributed by atoms with E-state index >= 15 is 0 Å². The van der Waals surface area contributed by atoms with Crippen LogP contribution < -0.4 is 5.32 Å². The highest BCUT2D eigenvalue weighted by Gasteiger charge is 2.10. The molecule has 1 heterocycles. The molecule has 2 N–H and O–H groups in total. The van der Waals surface area contributed by atoms with Gasteiger partial charge in [0.25, 0.3) is 5.91 Å². The summed E-state index contributed by atoms with van der Waals surface area (Å²) in [4.78, 5) is 15.5. The van der Waals surface area contributed by atoms with Gasteiger partial charge in [-0.3, -0.25) is 4.79 Å². The highest BCUT2D eigenvalue weighted by Crippen LogP contribution is 2.18. The van der Waals surface area contributed by atoms with Crippen molar-refractivity contribution < 1.29 is 9.53 Å². The van der Waals surface area contributed by atoms with Crippen molar-refractivity contribution in [2.24, 2.45) is 0 Å². The molecule has 4 heteroatoms. The number of H-pyrrole nitrogens is 1. The number of aromatic nitrogens is 1. The topological polar surface area (TPSA) is 54.1 Å². The molecule has 0 radical (unpaired) electrons. The van der Waals surface area contributed by atoms with Crippen LogP contribution in [0.1, 0.15) is 21.6 Å². The third kappa shape index (κ3) is 3.02. The van der Waals surface area contributed by atoms with E-state index in [-0.39, 0.29) is 5.91 Å². The number of anilines is 1. The van der Waals surface area contributed by atoms with Gasteiger partial charge < -0.3 is 15.0 Å². The molecule has 2 aromatic carbocycles. The van der Waals surface area contributed by atoms with E-state index < -0.39 is 0 Å². The maximum absolute atomic E-state index is 12.4. The number of ether oxygens (including phenoxy) is 1. The van der Waals surface area contributed by atoms with E-state index in [9.17, 15) is 4.79 Å². The number of fused-ring (bicyclic) bond motifs is 1. The highest BCUT2D eigenvalue weighted by atomic mass is 16.5. The molecule has 1 amide bonds. The first kappa shape index (κ1) is 14.4. The van der Waals surface area contributed by atoms with E-state index in [4.69, 9.17) is 4.74 Å². The number of carbonyl (C=O) groups is 1. The van der Waals surface area contributed by atoms with Gasteiger partial charge in [0.1, 0.15) is 5.69 Å². The number of methoxy groups -OCH3 is 1. The van der Waals surface area contributed by atoms with Crippen molar-refractivity contribution in [1.29, 1.82) is 0 Å². The number of carbonyl (C=O) groups excluding carboxylic acids is 1. The van der Waals surface area contributed by atoms with Gasteiger partial charge in [-0.1, -0.05) is 24.3 Å². The van der Waals surface area contributed by atoms with Gasteiger partial charge in [0.05, 0.1) is 6.61 Å². The third-order valence-corrected chi connectivity index (χ3v) is 3.52. The van der Waals surface area contributed by atoms with Gasteiger partial charge in [0.2, 0.25) is 0 Å². The number of aromatic amines is 1. The molecule has 0 aliphatic heterocycles. The van der Waals surface area contributed by atoms with Crippen molar-refractivity contribution in [1.82, 2.24) is 4.98 Å². The smallest absolute Gasteiger partial charge is 0.272 e. The van der Waals surface area contributed by atoms with Gasteiger partial charge in [-0.25, -0.2) is 0 Å². The average molecular weight is 294 g/mol. The molecular weight excluding hydrogens is 276 g/mol. The van der Waals surface area contributed by atoms with Gasteiger partial charge in [0, 0.05) is 23.7 Å². The van der Waals surface area contributed by atoms with Crippen molar-refractivity contribution in [3.05, 3.63) is 65.4 Å². The average Bonchev–Trinajstić information content (AvgIpc) is 2.91. The SMILES string of the molecule is COCc1cccc(NC(=O)c2cc3ccc(C)cc3[nH]2)c1. The molecule has 0 unspecified atom stereocenters. The zero-order valence-electron chi connectivity index (χ0n) is 12.6. The monoisotopic (exact) mass is 294 g/mol. The van der Waals surface area contributed by atoms with Crippen LogP contribution in [0.25, 0.3) is 10.9 Å². The molecule has 0 saturated carbocycles. The largest absolute Gasteiger partial charge is 0.380 e. The third-order valence-electron chi connectivity index (χ3n) is 3.52. The second-order valence-electron chi connectivity index (χ2n) is 5.36. The summed E-state index contributed by atoms with van der Waals surface area (Å²) >= 11 is 0. The summed E-state index contributed by atoms with van der Waals surface area (Å²) in [5.41, 5.74) is 4.46. The maximum atomic E-state index is 12.4. The van der Waals surface area contributed by atoms with Crippen LogP contribution in [0.3, 0.4) is 0 Å². The number of hydrogen-bond donors (Lipinski definition) is 2. The molecule has 0 spiro atoms. The Morgan fingerprint density at radius 3 is 2.86 bits per heavy atom. The summed E-state index contributed by atoms with van der Waals surface area (Å²) in [5, 5.41) is 3.94. The predicted octanol–water partition coefficient (Wildman–Crippen LogP) is 3.88. The van der Waals surface area contributed by atoms with Crippen molar-refractivity contribution in [2.45, 2.75) is 13.5 Å². The van der Waals surface area contributed by atoms with Gasteiger partial charge in [-0.2, -0.15) is 0 Å². The van der Waals surface area contributed by atoms with E-state index in [2.05, 4.69) is 10.3 Å². The van der Waals surface area contributed by atoms with Gasteiger partial charge >= 0.3 is 0 Å². The van der Waals surface area contributed by atoms with E-state index in [1.807, 2.05) is 55.5 Å². The molecule has 3 aromatic rings. The van der Waals surface area contributed by atoms with Gasteiger partial charge in [-0.05, 0) is 42.3 Å². The molecule has 0 aliphatic rings. The van der Waals surface area contributed by atoms with Crippen molar-refractivity contribution in [2.75, 3.05) is 12.4 Å². The normalized spacial score (nSPS) is 10.8. The Morgan fingerprint density at radius 2 is 2.05 bits per heavy atom. The first-order valence-corrected chi connectivity index (χ1v) is 7.14. The van der Waals surface area contributed by atoms with Gasteiger partial charge in [0.15, 0.2) is 0 Å². The quantitative estimate of drug-likeness (QED) is 0.767. The minimum absolute atomic E-state index is 0.150. The Balaban J connectivity index is 1.82. The summed E-state index contributed by atoms with van der Waals surface area (Å²) in [7, 11) is 1.65. The Labute approximate surface area is 129 Å². The Hall–Kier alpha value is -2.59. The molecule has 0 atom stereocenters. The molecule has 0 aliphatic carbocycles. The summed E-state index contributed by atoms with van der Waals surface area (Å²) < 4.78 is 5.10. The van der Waals surface area contributed by atoms with Crippen LogP contribution in [-0.4, -0.2) is 18.0 Å². The van der Waals surface area contributed by atoms with Crippen LogP contribution in [-0.2, 0) is 11.3 Å². The molecular formula is C18H18N2O2. The van der Waals surface area contributed by atoms with E-state index in [0.29, 0.717) is 12.3 Å². The zero-order chi connectivity index (χ0) is 15.5. The Morgan fingerprint density at radius 1 is 1.18 bits per heavy atom. The summed E-state index contributed by atoms with van der Waals surface area (Å²) in [6.07, 6.45) is 0. The van der Waals surface area contributed by atoms with E-state index in [1.165, 1.54) is 0 Å². The number of hydrogen-bond acceptors (Lipinski definition) is 2. The van der Waals surface area contributed by atoms with Crippen LogP contribution in [0.15, 0.2) is 48.5 Å². The molecule has 4 nitrogen and oxygen atoms in total. The van der Waals surface area contributed by atoms with Crippen LogP contribution in [0.2, 0.25) is 0 Å². The fourth-order valence-corrected chi connectivity index (χ4v) is 2.47. The number of amides is 1. The van der Waals surface area contributed by atoms with Crippen molar-refractivity contribution in [3.63, 3.8) is 0 Å². The lowest BCUT2D eigenvalue weighted by Gasteiger charge is -2.06. The summed E-state index contributed by atoms with van der Waals surface area (Å²) in [6.45, 7) is 2.55. The minimum Gasteiger partial charge on any atom is -0.380 e. The van der Waals surface area contributed by atoms with Crippen LogP contribution in [0, 0.1) is 6.92 Å². The van der Waals surface area contributed by atoms with Crippen molar-refractivity contribution >= 4 is 22.5 Å². The Bertz CT molecular complexity index is 821. The second-order valence-corrected chi connectivity index (χ2v) is 5.36. The predicted molar refractivity (Wildman–Crippen MR) is 88.1 cm³/mol. The molecule has 0 fully saturated rings. The van der Waals surface area contributed by atoms with Crippen LogP contribution in [0.4, 0.5) is 5.69 Å². The number of benzene rings is 2. The van der Waals surface area contributed by atoms with Gasteiger partial charge in [-0.15, -0.1) is 0 Å².